The fourth-order valence-electron chi connectivity index (χ4n) is 3.59. The van der Waals surface area contributed by atoms with Crippen molar-refractivity contribution in [3.63, 3.8) is 0 Å². The van der Waals surface area contributed by atoms with Gasteiger partial charge in [0.1, 0.15) is 5.82 Å². The molecule has 1 atom stereocenters. The van der Waals surface area contributed by atoms with Crippen LogP contribution in [0, 0.1) is 11.7 Å². The summed E-state index contributed by atoms with van der Waals surface area (Å²) in [5, 5.41) is 1.55. The molecule has 2 N–H and O–H groups in total. The predicted molar refractivity (Wildman–Crippen MR) is 122 cm³/mol. The quantitative estimate of drug-likeness (QED) is 0.623. The van der Waals surface area contributed by atoms with E-state index in [0.717, 1.165) is 30.7 Å². The number of hydrogen-bond acceptors (Lipinski definition) is 5. The molecule has 2 aliphatic rings. The van der Waals surface area contributed by atoms with E-state index in [4.69, 9.17) is 11.6 Å². The number of benzene rings is 2. The van der Waals surface area contributed by atoms with Crippen molar-refractivity contribution < 1.29 is 22.4 Å². The molecule has 0 radical (unpaired) electrons. The second kappa shape index (κ2) is 8.92. The lowest BCUT2D eigenvalue weighted by Gasteiger charge is -2.33. The smallest absolute Gasteiger partial charge is 0.261 e. The molecule has 2 aromatic rings. The highest BCUT2D eigenvalue weighted by atomic mass is 35.5. The maximum atomic E-state index is 13.3. The largest absolute Gasteiger partial charge is 0.341 e. The van der Waals surface area contributed by atoms with E-state index in [-0.39, 0.29) is 21.5 Å². The van der Waals surface area contributed by atoms with Gasteiger partial charge in [-0.2, -0.15) is 0 Å². The van der Waals surface area contributed by atoms with E-state index in [9.17, 15) is 22.4 Å². The van der Waals surface area contributed by atoms with Crippen LogP contribution in [0.1, 0.15) is 19.8 Å². The summed E-state index contributed by atoms with van der Waals surface area (Å²) in [5.74, 6) is -0.797. The summed E-state index contributed by atoms with van der Waals surface area (Å²) in [7, 11) is -4.01. The first kappa shape index (κ1) is 22.9. The topological polar surface area (TPSA) is 95.6 Å². The highest BCUT2D eigenvalue weighted by molar-refractivity contribution is 8.01. The first-order chi connectivity index (χ1) is 15.1. The Kier molecular flexibility index (Phi) is 6.37. The Morgan fingerprint density at radius 2 is 1.94 bits per heavy atom. The van der Waals surface area contributed by atoms with Crippen molar-refractivity contribution in [3.8, 4) is 0 Å². The third kappa shape index (κ3) is 4.72. The lowest BCUT2D eigenvalue weighted by atomic mass is 9.99. The van der Waals surface area contributed by atoms with Gasteiger partial charge in [0, 0.05) is 18.0 Å². The van der Waals surface area contributed by atoms with Gasteiger partial charge in [-0.05, 0) is 55.2 Å². The fraction of sp³-hybridized carbons (Fsp3) is 0.333. The number of nitrogens with zero attached hydrogens (tertiary/aromatic N) is 1. The summed E-state index contributed by atoms with van der Waals surface area (Å²) < 4.78 is 41.1. The van der Waals surface area contributed by atoms with Crippen LogP contribution in [0.25, 0.3) is 0 Å². The van der Waals surface area contributed by atoms with Crippen LogP contribution in [-0.4, -0.2) is 43.5 Å². The number of amides is 2. The van der Waals surface area contributed by atoms with Crippen molar-refractivity contribution in [1.29, 1.82) is 0 Å². The number of fused-ring (bicyclic) bond motifs is 1. The third-order valence-corrected chi connectivity index (χ3v) is 8.42. The normalized spacial score (nSPS) is 19.3. The summed E-state index contributed by atoms with van der Waals surface area (Å²) in [5.41, 5.74) is 0.422. The number of carbonyl (C=O) groups is 2. The lowest BCUT2D eigenvalue weighted by Crippen LogP contribution is -2.47. The van der Waals surface area contributed by atoms with Gasteiger partial charge in [0.15, 0.2) is 5.25 Å². The van der Waals surface area contributed by atoms with Crippen LogP contribution in [0.2, 0.25) is 5.02 Å². The van der Waals surface area contributed by atoms with E-state index in [0.29, 0.717) is 29.6 Å². The van der Waals surface area contributed by atoms with Crippen LogP contribution in [0.5, 0.6) is 0 Å². The first-order valence-electron chi connectivity index (χ1n) is 10.0. The van der Waals surface area contributed by atoms with Gasteiger partial charge in [0.2, 0.25) is 11.8 Å². The Bertz CT molecular complexity index is 1180. The zero-order chi connectivity index (χ0) is 23.0. The molecule has 0 bridgehead atoms. The molecule has 0 aliphatic carbocycles. The van der Waals surface area contributed by atoms with E-state index >= 15 is 0 Å². The molecule has 0 spiro atoms. The monoisotopic (exact) mass is 497 g/mol. The van der Waals surface area contributed by atoms with Gasteiger partial charge in [-0.3, -0.25) is 14.3 Å². The number of hydrogen-bond donors (Lipinski definition) is 2. The number of sulfonamides is 1. The number of thioether (sulfide) groups is 1. The average molecular weight is 498 g/mol. The SMILES string of the molecule is CC1CCN(C(=O)[C@@H]2Sc3ccc(S(=O)(=O)Nc4ccc(F)c(Cl)c4)cc3NC2=O)CC1. The molecule has 2 aromatic carbocycles. The van der Waals surface area contributed by atoms with Crippen LogP contribution in [-0.2, 0) is 19.6 Å². The summed E-state index contributed by atoms with van der Waals surface area (Å²) in [6, 6.07) is 7.76. The Hall–Kier alpha value is -2.30. The van der Waals surface area contributed by atoms with Crippen molar-refractivity contribution >= 4 is 56.6 Å². The standard InChI is InChI=1S/C21H21ClFN3O4S2/c1-12-6-8-26(9-7-12)21(28)19-20(27)24-17-11-14(3-5-18(17)31-19)32(29,30)25-13-2-4-16(23)15(22)10-13/h2-5,10-12,19,25H,6-9H2,1H3,(H,24,27)/t19-/m1/s1. The highest BCUT2D eigenvalue weighted by Crippen LogP contribution is 2.38. The molecular weight excluding hydrogens is 477 g/mol. The molecule has 2 amide bonds. The zero-order valence-corrected chi connectivity index (χ0v) is 19.5. The Morgan fingerprint density at radius 1 is 1.22 bits per heavy atom. The van der Waals surface area contributed by atoms with Gasteiger partial charge < -0.3 is 10.2 Å². The van der Waals surface area contributed by atoms with Crippen LogP contribution in [0.3, 0.4) is 0 Å². The molecule has 4 rings (SSSR count). The maximum absolute atomic E-state index is 13.3. The summed E-state index contributed by atoms with van der Waals surface area (Å²) in [6.45, 7) is 3.41. The van der Waals surface area contributed by atoms with Crippen LogP contribution >= 0.6 is 23.4 Å². The van der Waals surface area contributed by atoms with Gasteiger partial charge in [0.25, 0.3) is 10.0 Å². The molecule has 170 valence electrons. The molecule has 0 unspecified atom stereocenters. The van der Waals surface area contributed by atoms with Crippen LogP contribution in [0.15, 0.2) is 46.2 Å². The Morgan fingerprint density at radius 3 is 2.62 bits per heavy atom. The minimum Gasteiger partial charge on any atom is -0.341 e. The summed E-state index contributed by atoms with van der Waals surface area (Å²) in [6.07, 6.45) is 1.82. The van der Waals surface area contributed by atoms with Gasteiger partial charge in [0.05, 0.1) is 21.3 Å². The third-order valence-electron chi connectivity index (χ3n) is 5.49. The molecule has 2 aliphatic heterocycles. The van der Waals surface area contributed by atoms with E-state index in [2.05, 4.69) is 17.0 Å². The molecule has 32 heavy (non-hydrogen) atoms. The minimum absolute atomic E-state index is 0.0904. The molecule has 0 aromatic heterocycles. The van der Waals surface area contributed by atoms with E-state index < -0.39 is 27.0 Å². The van der Waals surface area contributed by atoms with Crippen molar-refractivity contribution in [3.05, 3.63) is 47.2 Å². The Labute approximate surface area is 194 Å². The van der Waals surface area contributed by atoms with Gasteiger partial charge in [-0.25, -0.2) is 12.8 Å². The van der Waals surface area contributed by atoms with Crippen LogP contribution < -0.4 is 10.0 Å². The summed E-state index contributed by atoms with van der Waals surface area (Å²) in [4.78, 5) is 27.7. The van der Waals surface area contributed by atoms with Crippen LogP contribution in [0.4, 0.5) is 15.8 Å². The number of halogens is 2. The van der Waals surface area contributed by atoms with E-state index in [1.54, 1.807) is 11.0 Å². The fourth-order valence-corrected chi connectivity index (χ4v) is 5.90. The molecular formula is C21H21ClFN3O4S2. The number of likely N-dealkylation sites (tertiary alicyclic amines) is 1. The average Bonchev–Trinajstić information content (AvgIpc) is 2.75. The van der Waals surface area contributed by atoms with Crippen molar-refractivity contribution in [2.24, 2.45) is 5.92 Å². The predicted octanol–water partition coefficient (Wildman–Crippen LogP) is 3.95. The number of nitrogens with one attached hydrogen (secondary N) is 2. The zero-order valence-electron chi connectivity index (χ0n) is 17.1. The molecule has 7 nitrogen and oxygen atoms in total. The maximum Gasteiger partial charge on any atom is 0.261 e. The van der Waals surface area contributed by atoms with Gasteiger partial charge >= 0.3 is 0 Å². The van der Waals surface area contributed by atoms with Crippen molar-refractivity contribution in [2.75, 3.05) is 23.1 Å². The Balaban J connectivity index is 1.52. The van der Waals surface area contributed by atoms with Gasteiger partial charge in [-0.1, -0.05) is 18.5 Å². The number of anilines is 2. The second-order valence-electron chi connectivity index (χ2n) is 7.89. The second-order valence-corrected chi connectivity index (χ2v) is 11.1. The van der Waals surface area contributed by atoms with Crippen molar-refractivity contribution in [1.82, 2.24) is 4.90 Å². The highest BCUT2D eigenvalue weighted by Gasteiger charge is 2.37. The van der Waals surface area contributed by atoms with E-state index in [1.807, 2.05) is 0 Å². The summed E-state index contributed by atoms with van der Waals surface area (Å²) >= 11 is 6.83. The molecule has 2 heterocycles. The number of piperidine rings is 1. The van der Waals surface area contributed by atoms with Gasteiger partial charge in [-0.15, -0.1) is 11.8 Å². The molecule has 1 fully saturated rings. The lowest BCUT2D eigenvalue weighted by molar-refractivity contribution is -0.135. The molecule has 0 saturated carbocycles. The molecule has 11 heteroatoms. The first-order valence-corrected chi connectivity index (χ1v) is 12.8. The van der Waals surface area contributed by atoms with Crippen molar-refractivity contribution in [2.45, 2.75) is 34.8 Å². The molecule has 1 saturated heterocycles. The van der Waals surface area contributed by atoms with E-state index in [1.165, 1.54) is 24.3 Å². The number of rotatable bonds is 4. The number of carbonyl (C=O) groups excluding carboxylic acids is 2. The minimum atomic E-state index is -4.01.